The molecule has 4 heterocycles. The fraction of sp³-hybridized carbons (Fsp3) is 0.565. The number of rotatable bonds is 3. The third kappa shape index (κ3) is 3.61. The Morgan fingerprint density at radius 1 is 1.17 bits per heavy atom. The van der Waals surface area contributed by atoms with Crippen LogP contribution in [0.2, 0.25) is 0 Å². The van der Waals surface area contributed by atoms with E-state index in [1.807, 2.05) is 40.2 Å². The Bertz CT molecular complexity index is 1090. The van der Waals surface area contributed by atoms with Crippen molar-refractivity contribution >= 4 is 11.6 Å². The molecule has 1 aliphatic heterocycles. The summed E-state index contributed by atoms with van der Waals surface area (Å²) < 4.78 is 3.77. The second-order valence-corrected chi connectivity index (χ2v) is 9.47. The Morgan fingerprint density at radius 3 is 2.60 bits per heavy atom. The van der Waals surface area contributed by atoms with Crippen LogP contribution in [0.1, 0.15) is 74.4 Å². The molecule has 0 radical (unpaired) electrons. The highest BCUT2D eigenvalue weighted by Gasteiger charge is 2.31. The van der Waals surface area contributed by atoms with Gasteiger partial charge < -0.3 is 4.90 Å². The normalized spacial score (nSPS) is 17.7. The average Bonchev–Trinajstić information content (AvgIpc) is 3.25. The van der Waals surface area contributed by atoms with Crippen molar-refractivity contribution in [3.63, 3.8) is 0 Å². The lowest BCUT2D eigenvalue weighted by atomic mass is 9.93. The van der Waals surface area contributed by atoms with E-state index in [2.05, 4.69) is 43.8 Å². The summed E-state index contributed by atoms with van der Waals surface area (Å²) in [6, 6.07) is 4.07. The van der Waals surface area contributed by atoms with Crippen molar-refractivity contribution < 1.29 is 4.79 Å². The number of hydrogen-bond acceptors (Lipinski definition) is 4. The van der Waals surface area contributed by atoms with E-state index in [1.54, 1.807) is 0 Å². The number of hydrogen-bond donors (Lipinski definition) is 0. The van der Waals surface area contributed by atoms with E-state index in [-0.39, 0.29) is 23.9 Å². The number of piperidine rings is 1. The van der Waals surface area contributed by atoms with Gasteiger partial charge in [-0.25, -0.2) is 9.50 Å². The molecule has 0 aliphatic carbocycles. The average molecular weight is 409 g/mol. The van der Waals surface area contributed by atoms with E-state index < -0.39 is 0 Å². The van der Waals surface area contributed by atoms with E-state index in [0.717, 1.165) is 59.8 Å². The van der Waals surface area contributed by atoms with Gasteiger partial charge in [-0.05, 0) is 51.7 Å². The lowest BCUT2D eigenvalue weighted by Crippen LogP contribution is -2.41. The van der Waals surface area contributed by atoms with Gasteiger partial charge in [-0.2, -0.15) is 10.2 Å². The molecular weight excluding hydrogens is 376 g/mol. The Hall–Kier alpha value is -2.70. The largest absolute Gasteiger partial charge is 0.332 e. The summed E-state index contributed by atoms with van der Waals surface area (Å²) in [5.41, 5.74) is 6.02. The van der Waals surface area contributed by atoms with Crippen molar-refractivity contribution in [2.24, 2.45) is 0 Å². The maximum Gasteiger partial charge on any atom is 0.244 e. The predicted octanol–water partition coefficient (Wildman–Crippen LogP) is 3.90. The number of nitrogens with zero attached hydrogens (tertiary/aromatic N) is 6. The summed E-state index contributed by atoms with van der Waals surface area (Å²) in [6.07, 6.45) is 4.90. The first-order valence-corrected chi connectivity index (χ1v) is 10.8. The zero-order valence-electron chi connectivity index (χ0n) is 18.9. The van der Waals surface area contributed by atoms with Gasteiger partial charge in [-0.1, -0.05) is 20.8 Å². The van der Waals surface area contributed by atoms with Crippen LogP contribution < -0.4 is 0 Å². The van der Waals surface area contributed by atoms with Gasteiger partial charge in [-0.15, -0.1) is 0 Å². The van der Waals surface area contributed by atoms with E-state index in [1.165, 1.54) is 0 Å². The molecule has 1 fully saturated rings. The van der Waals surface area contributed by atoms with Crippen molar-refractivity contribution in [2.75, 3.05) is 6.54 Å². The number of fused-ring (bicyclic) bond motifs is 1. The van der Waals surface area contributed by atoms with Crippen molar-refractivity contribution in [1.29, 1.82) is 0 Å². The van der Waals surface area contributed by atoms with E-state index in [0.29, 0.717) is 0 Å². The van der Waals surface area contributed by atoms with E-state index in [9.17, 15) is 4.79 Å². The van der Waals surface area contributed by atoms with Crippen LogP contribution in [-0.4, -0.2) is 41.7 Å². The molecule has 0 unspecified atom stereocenters. The van der Waals surface area contributed by atoms with Crippen molar-refractivity contribution in [1.82, 2.24) is 29.3 Å². The number of aryl methyl sites for hydroxylation is 1. The molecule has 7 nitrogen and oxygen atoms in total. The molecule has 1 aliphatic rings. The Balaban J connectivity index is 1.68. The van der Waals surface area contributed by atoms with Gasteiger partial charge in [0.1, 0.15) is 6.54 Å². The van der Waals surface area contributed by atoms with Crippen LogP contribution in [0.3, 0.4) is 0 Å². The molecule has 0 N–H and O–H groups in total. The predicted molar refractivity (Wildman–Crippen MR) is 116 cm³/mol. The summed E-state index contributed by atoms with van der Waals surface area (Å²) in [7, 11) is 0. The zero-order valence-corrected chi connectivity index (χ0v) is 18.9. The molecule has 1 saturated heterocycles. The highest BCUT2D eigenvalue weighted by molar-refractivity contribution is 5.76. The minimum absolute atomic E-state index is 0.00234. The van der Waals surface area contributed by atoms with Gasteiger partial charge in [0.2, 0.25) is 5.91 Å². The standard InChI is InChI=1S/C23H32N6O/c1-15-16(2)25-28(17(15)3)14-22(30)27-12-8-7-9-18(27)19-10-11-24-21-13-20(23(4,5)6)26-29(19)21/h10-11,13,18H,7-9,12,14H2,1-6H3/t18-/m1/s1. The zero-order chi connectivity index (χ0) is 21.6. The van der Waals surface area contributed by atoms with Crippen LogP contribution >= 0.6 is 0 Å². The van der Waals surface area contributed by atoms with Gasteiger partial charge in [0.25, 0.3) is 0 Å². The second kappa shape index (κ2) is 7.52. The van der Waals surface area contributed by atoms with Crippen molar-refractivity contribution in [3.8, 4) is 0 Å². The second-order valence-electron chi connectivity index (χ2n) is 9.47. The van der Waals surface area contributed by atoms with E-state index >= 15 is 0 Å². The first kappa shape index (κ1) is 20.6. The van der Waals surface area contributed by atoms with Crippen LogP contribution in [0.4, 0.5) is 0 Å². The first-order chi connectivity index (χ1) is 14.2. The highest BCUT2D eigenvalue weighted by Crippen LogP contribution is 2.32. The molecule has 0 saturated carbocycles. The minimum Gasteiger partial charge on any atom is -0.332 e. The quantitative estimate of drug-likeness (QED) is 0.659. The maximum absolute atomic E-state index is 13.3. The fourth-order valence-electron chi connectivity index (χ4n) is 4.23. The Kier molecular flexibility index (Phi) is 5.16. The molecule has 0 aromatic carbocycles. The van der Waals surface area contributed by atoms with Gasteiger partial charge in [0.15, 0.2) is 5.65 Å². The lowest BCUT2D eigenvalue weighted by molar-refractivity contribution is -0.136. The fourth-order valence-corrected chi connectivity index (χ4v) is 4.23. The minimum atomic E-state index is -0.0552. The highest BCUT2D eigenvalue weighted by atomic mass is 16.2. The Labute approximate surface area is 178 Å². The van der Waals surface area contributed by atoms with Gasteiger partial charge >= 0.3 is 0 Å². The SMILES string of the molecule is Cc1nn(CC(=O)N2CCCC[C@@H]2c2ccnc3cc(C(C)(C)C)nn23)c(C)c1C. The number of carbonyl (C=O) groups excluding carboxylic acids is 1. The van der Waals surface area contributed by atoms with Crippen molar-refractivity contribution in [3.05, 3.63) is 46.7 Å². The number of amides is 1. The molecule has 0 bridgehead atoms. The van der Waals surface area contributed by atoms with Crippen LogP contribution in [0.15, 0.2) is 18.3 Å². The monoisotopic (exact) mass is 408 g/mol. The molecule has 30 heavy (non-hydrogen) atoms. The molecule has 4 rings (SSSR count). The van der Waals surface area contributed by atoms with Gasteiger partial charge in [-0.3, -0.25) is 9.48 Å². The first-order valence-electron chi connectivity index (χ1n) is 10.8. The van der Waals surface area contributed by atoms with Gasteiger partial charge in [0.05, 0.1) is 23.1 Å². The number of aromatic nitrogens is 5. The molecule has 1 atom stereocenters. The summed E-state index contributed by atoms with van der Waals surface area (Å²) in [4.78, 5) is 19.9. The van der Waals surface area contributed by atoms with Crippen LogP contribution in [0.5, 0.6) is 0 Å². The topological polar surface area (TPSA) is 68.3 Å². The van der Waals surface area contributed by atoms with Crippen LogP contribution in [-0.2, 0) is 16.8 Å². The summed E-state index contributed by atoms with van der Waals surface area (Å²) in [5, 5.41) is 9.43. The van der Waals surface area contributed by atoms with E-state index in [4.69, 9.17) is 5.10 Å². The third-order valence-electron chi connectivity index (χ3n) is 6.35. The van der Waals surface area contributed by atoms with Crippen LogP contribution in [0.25, 0.3) is 5.65 Å². The number of carbonyl (C=O) groups is 1. The lowest BCUT2D eigenvalue weighted by Gasteiger charge is -2.36. The third-order valence-corrected chi connectivity index (χ3v) is 6.35. The van der Waals surface area contributed by atoms with Gasteiger partial charge in [0, 0.05) is 29.9 Å². The molecular formula is C23H32N6O. The number of likely N-dealkylation sites (tertiary alicyclic amines) is 1. The van der Waals surface area contributed by atoms with Crippen molar-refractivity contribution in [2.45, 2.75) is 78.8 Å². The summed E-state index contributed by atoms with van der Waals surface area (Å²) >= 11 is 0. The summed E-state index contributed by atoms with van der Waals surface area (Å²) in [6.45, 7) is 13.6. The van der Waals surface area contributed by atoms with Crippen LogP contribution in [0, 0.1) is 20.8 Å². The molecule has 1 amide bonds. The maximum atomic E-state index is 13.3. The molecule has 3 aromatic heterocycles. The molecule has 7 heteroatoms. The molecule has 160 valence electrons. The summed E-state index contributed by atoms with van der Waals surface area (Å²) in [5.74, 6) is 0.110. The smallest absolute Gasteiger partial charge is 0.244 e. The molecule has 3 aromatic rings. The molecule has 0 spiro atoms. The Morgan fingerprint density at radius 2 is 1.93 bits per heavy atom.